The number of nitrogens with zero attached hydrogens (tertiary/aromatic N) is 2. The molecule has 5 heteroatoms. The van der Waals surface area contributed by atoms with E-state index in [4.69, 9.17) is 0 Å². The fourth-order valence-electron chi connectivity index (χ4n) is 2.78. The van der Waals surface area contributed by atoms with Crippen LogP contribution in [0.4, 0.5) is 10.2 Å². The van der Waals surface area contributed by atoms with E-state index in [0.717, 1.165) is 31.0 Å². The highest BCUT2D eigenvalue weighted by molar-refractivity contribution is 8.00. The van der Waals surface area contributed by atoms with Gasteiger partial charge < -0.3 is 10.2 Å². The Hall–Kier alpha value is -0.810. The molecule has 3 rings (SSSR count). The Morgan fingerprint density at radius 3 is 2.70 bits per heavy atom. The Morgan fingerprint density at radius 2 is 2.05 bits per heavy atom. The molecule has 1 saturated heterocycles. The number of halogens is 1. The maximum atomic E-state index is 13.5. The zero-order valence-electron chi connectivity index (χ0n) is 12.1. The monoisotopic (exact) mass is 295 g/mol. The molecule has 1 aromatic heterocycles. The van der Waals surface area contributed by atoms with Crippen molar-refractivity contribution in [3.63, 3.8) is 0 Å². The maximum absolute atomic E-state index is 13.5. The minimum absolute atomic E-state index is 0.242. The Balaban J connectivity index is 1.79. The number of nitrogens with one attached hydrogen (secondary N) is 1. The van der Waals surface area contributed by atoms with Crippen molar-refractivity contribution < 1.29 is 4.39 Å². The molecule has 0 radical (unpaired) electrons. The molecule has 1 aliphatic heterocycles. The van der Waals surface area contributed by atoms with Crippen LogP contribution in [0.15, 0.2) is 12.3 Å². The van der Waals surface area contributed by atoms with Crippen LogP contribution in [-0.2, 0) is 6.54 Å². The summed E-state index contributed by atoms with van der Waals surface area (Å²) in [7, 11) is 0. The molecule has 20 heavy (non-hydrogen) atoms. The largest absolute Gasteiger partial charge is 0.354 e. The zero-order chi connectivity index (χ0) is 14.1. The molecule has 2 aliphatic rings. The molecule has 3 nitrogen and oxygen atoms in total. The summed E-state index contributed by atoms with van der Waals surface area (Å²) < 4.78 is 13.5. The fraction of sp³-hybridized carbons (Fsp3) is 0.667. The average Bonchev–Trinajstić information content (AvgIpc) is 3.19. The number of thioether (sulfide) groups is 1. The summed E-state index contributed by atoms with van der Waals surface area (Å²) in [6.45, 7) is 7.20. The molecular formula is C15H22FN3S. The molecule has 0 bridgehead atoms. The molecule has 1 aromatic rings. The van der Waals surface area contributed by atoms with Crippen molar-refractivity contribution in [3.8, 4) is 0 Å². The summed E-state index contributed by atoms with van der Waals surface area (Å²) in [6.07, 6.45) is 3.83. The number of anilines is 1. The van der Waals surface area contributed by atoms with E-state index < -0.39 is 0 Å². The van der Waals surface area contributed by atoms with Gasteiger partial charge in [0, 0.05) is 41.7 Å². The SMILES string of the molecule is CC1CN(c2ncc(F)cc2CNC2CC2)CC(C)S1. The Bertz CT molecular complexity index is 468. The maximum Gasteiger partial charge on any atom is 0.141 e. The molecule has 2 heterocycles. The quantitative estimate of drug-likeness (QED) is 0.924. The molecule has 0 aromatic carbocycles. The van der Waals surface area contributed by atoms with Gasteiger partial charge in [-0.2, -0.15) is 11.8 Å². The van der Waals surface area contributed by atoms with E-state index in [-0.39, 0.29) is 5.82 Å². The summed E-state index contributed by atoms with van der Waals surface area (Å²) in [5.41, 5.74) is 0.989. The first-order valence-corrected chi connectivity index (χ1v) is 8.34. The summed E-state index contributed by atoms with van der Waals surface area (Å²) in [4.78, 5) is 6.69. The number of pyridine rings is 1. The van der Waals surface area contributed by atoms with Crippen LogP contribution < -0.4 is 10.2 Å². The van der Waals surface area contributed by atoms with Crippen molar-refractivity contribution in [3.05, 3.63) is 23.6 Å². The molecular weight excluding hydrogens is 273 g/mol. The lowest BCUT2D eigenvalue weighted by Gasteiger charge is -2.36. The Morgan fingerprint density at radius 1 is 1.35 bits per heavy atom. The molecule has 2 atom stereocenters. The van der Waals surface area contributed by atoms with Crippen LogP contribution in [0.3, 0.4) is 0 Å². The van der Waals surface area contributed by atoms with Crippen LogP contribution in [0, 0.1) is 5.82 Å². The fourth-order valence-corrected chi connectivity index (χ4v) is 4.11. The average molecular weight is 295 g/mol. The van der Waals surface area contributed by atoms with Gasteiger partial charge in [-0.3, -0.25) is 0 Å². The third-order valence-electron chi connectivity index (χ3n) is 3.79. The highest BCUT2D eigenvalue weighted by atomic mass is 32.2. The lowest BCUT2D eigenvalue weighted by molar-refractivity contribution is 0.608. The van der Waals surface area contributed by atoms with Gasteiger partial charge in [0.25, 0.3) is 0 Å². The molecule has 0 amide bonds. The van der Waals surface area contributed by atoms with Crippen molar-refractivity contribution in [2.24, 2.45) is 0 Å². The second-order valence-corrected chi connectivity index (χ2v) is 7.84. The van der Waals surface area contributed by atoms with Gasteiger partial charge in [-0.25, -0.2) is 9.37 Å². The molecule has 2 fully saturated rings. The minimum Gasteiger partial charge on any atom is -0.354 e. The highest BCUT2D eigenvalue weighted by Crippen LogP contribution is 2.30. The standard InChI is InChI=1S/C15H22FN3S/c1-10-8-19(9-11(2)20-10)15-12(5-13(16)7-18-15)6-17-14-3-4-14/h5,7,10-11,14,17H,3-4,6,8-9H2,1-2H3. The Labute approximate surface area is 124 Å². The molecule has 2 unspecified atom stereocenters. The molecule has 1 aliphatic carbocycles. The van der Waals surface area contributed by atoms with Gasteiger partial charge in [-0.15, -0.1) is 0 Å². The second-order valence-electron chi connectivity index (χ2n) is 5.95. The van der Waals surface area contributed by atoms with Crippen molar-refractivity contribution >= 4 is 17.6 Å². The van der Waals surface area contributed by atoms with Crippen LogP contribution >= 0.6 is 11.8 Å². The molecule has 1 saturated carbocycles. The van der Waals surface area contributed by atoms with E-state index >= 15 is 0 Å². The summed E-state index contributed by atoms with van der Waals surface area (Å²) in [5, 5.41) is 4.65. The number of rotatable bonds is 4. The smallest absolute Gasteiger partial charge is 0.141 e. The van der Waals surface area contributed by atoms with Crippen LogP contribution in [0.25, 0.3) is 0 Å². The van der Waals surface area contributed by atoms with Gasteiger partial charge in [0.05, 0.1) is 6.20 Å². The van der Waals surface area contributed by atoms with Crippen molar-refractivity contribution in [1.29, 1.82) is 0 Å². The van der Waals surface area contributed by atoms with Gasteiger partial charge in [0.1, 0.15) is 11.6 Å². The minimum atomic E-state index is -0.242. The topological polar surface area (TPSA) is 28.2 Å². The van der Waals surface area contributed by atoms with Gasteiger partial charge in [-0.05, 0) is 18.9 Å². The van der Waals surface area contributed by atoms with Gasteiger partial charge in [0.15, 0.2) is 0 Å². The first-order valence-electron chi connectivity index (χ1n) is 7.40. The van der Waals surface area contributed by atoms with Crippen LogP contribution in [-0.4, -0.2) is 34.6 Å². The first-order chi connectivity index (χ1) is 9.61. The summed E-state index contributed by atoms with van der Waals surface area (Å²) in [5.74, 6) is 0.715. The van der Waals surface area contributed by atoms with Crippen molar-refractivity contribution in [2.75, 3.05) is 18.0 Å². The Kier molecular flexibility index (Phi) is 4.17. The molecule has 1 N–H and O–H groups in total. The molecule has 0 spiro atoms. The van der Waals surface area contributed by atoms with Crippen LogP contribution in [0.5, 0.6) is 0 Å². The van der Waals surface area contributed by atoms with Gasteiger partial charge in [0.2, 0.25) is 0 Å². The van der Waals surface area contributed by atoms with E-state index in [1.165, 1.54) is 19.0 Å². The lowest BCUT2D eigenvalue weighted by atomic mass is 10.2. The van der Waals surface area contributed by atoms with E-state index in [0.29, 0.717) is 16.5 Å². The van der Waals surface area contributed by atoms with E-state index in [9.17, 15) is 4.39 Å². The van der Waals surface area contributed by atoms with E-state index in [2.05, 4.69) is 29.0 Å². The van der Waals surface area contributed by atoms with Crippen molar-refractivity contribution in [1.82, 2.24) is 10.3 Å². The second kappa shape index (κ2) is 5.90. The number of hydrogen-bond donors (Lipinski definition) is 1. The van der Waals surface area contributed by atoms with Gasteiger partial charge >= 0.3 is 0 Å². The van der Waals surface area contributed by atoms with Gasteiger partial charge in [-0.1, -0.05) is 13.8 Å². The summed E-state index contributed by atoms with van der Waals surface area (Å²) >= 11 is 2.02. The number of hydrogen-bond acceptors (Lipinski definition) is 4. The third kappa shape index (κ3) is 3.44. The summed E-state index contributed by atoms with van der Waals surface area (Å²) in [6, 6.07) is 2.26. The lowest BCUT2D eigenvalue weighted by Crippen LogP contribution is -2.41. The zero-order valence-corrected chi connectivity index (χ0v) is 12.9. The normalized spacial score (nSPS) is 26.9. The predicted molar refractivity (Wildman–Crippen MR) is 82.8 cm³/mol. The van der Waals surface area contributed by atoms with Crippen LogP contribution in [0.1, 0.15) is 32.3 Å². The van der Waals surface area contributed by atoms with Crippen molar-refractivity contribution in [2.45, 2.75) is 49.8 Å². The van der Waals surface area contributed by atoms with E-state index in [1.807, 2.05) is 11.8 Å². The third-order valence-corrected chi connectivity index (χ3v) is 5.01. The molecule has 110 valence electrons. The predicted octanol–water partition coefficient (Wildman–Crippen LogP) is 2.80. The first kappa shape index (κ1) is 14.1. The van der Waals surface area contributed by atoms with Crippen LogP contribution in [0.2, 0.25) is 0 Å². The number of aromatic nitrogens is 1. The highest BCUT2D eigenvalue weighted by Gasteiger charge is 2.26. The van der Waals surface area contributed by atoms with E-state index in [1.54, 1.807) is 6.07 Å².